The molecule has 1 aliphatic heterocycles. The van der Waals surface area contributed by atoms with Gasteiger partial charge in [-0.25, -0.2) is 0 Å². The molecule has 2 atom stereocenters. The Labute approximate surface area is 111 Å². The average molecular weight is 250 g/mol. The molecule has 2 rings (SSSR count). The lowest BCUT2D eigenvalue weighted by molar-refractivity contribution is 0.197. The summed E-state index contributed by atoms with van der Waals surface area (Å²) in [5, 5.41) is 3.59. The van der Waals surface area contributed by atoms with E-state index in [1.807, 2.05) is 12.3 Å². The number of likely N-dealkylation sites (tertiary alicyclic amines) is 1. The van der Waals surface area contributed by atoms with E-state index >= 15 is 0 Å². The van der Waals surface area contributed by atoms with Crippen LogP contribution in [0, 0.1) is 5.92 Å². The van der Waals surface area contributed by atoms with Crippen LogP contribution in [0.15, 0.2) is 23.0 Å². The topological polar surface area (TPSA) is 28.4 Å². The van der Waals surface area contributed by atoms with Crippen molar-refractivity contribution in [2.45, 2.75) is 39.2 Å². The number of piperidine rings is 1. The van der Waals surface area contributed by atoms with Crippen molar-refractivity contribution in [3.63, 3.8) is 0 Å². The van der Waals surface area contributed by atoms with Crippen LogP contribution >= 0.6 is 0 Å². The molecule has 1 N–H and O–H groups in total. The van der Waals surface area contributed by atoms with Crippen molar-refractivity contribution >= 4 is 0 Å². The summed E-state index contributed by atoms with van der Waals surface area (Å²) in [5.74, 6) is 0.706. The number of hydrogen-bond acceptors (Lipinski definition) is 3. The molecular weight excluding hydrogens is 224 g/mol. The summed E-state index contributed by atoms with van der Waals surface area (Å²) in [6, 6.07) is 2.42. The van der Waals surface area contributed by atoms with Crippen LogP contribution in [0.1, 0.15) is 44.7 Å². The molecule has 1 fully saturated rings. The number of hydrogen-bond donors (Lipinski definition) is 1. The van der Waals surface area contributed by atoms with Crippen molar-refractivity contribution < 1.29 is 4.42 Å². The van der Waals surface area contributed by atoms with Gasteiger partial charge in [0.05, 0.1) is 12.5 Å². The maximum atomic E-state index is 5.12. The molecule has 0 bridgehead atoms. The fourth-order valence-corrected chi connectivity index (χ4v) is 2.66. The molecule has 2 heterocycles. The summed E-state index contributed by atoms with van der Waals surface area (Å²) in [6.45, 7) is 9.42. The predicted molar refractivity (Wildman–Crippen MR) is 74.6 cm³/mol. The average Bonchev–Trinajstić information content (AvgIpc) is 2.91. The molecular formula is C15H26N2O. The van der Waals surface area contributed by atoms with Crippen molar-refractivity contribution in [1.82, 2.24) is 10.2 Å². The van der Waals surface area contributed by atoms with E-state index in [1.165, 1.54) is 44.5 Å². The van der Waals surface area contributed by atoms with Gasteiger partial charge in [0.15, 0.2) is 0 Å². The number of nitrogens with one attached hydrogen (secondary N) is 1. The minimum atomic E-state index is 0.382. The summed E-state index contributed by atoms with van der Waals surface area (Å²) in [4.78, 5) is 2.61. The van der Waals surface area contributed by atoms with Crippen molar-refractivity contribution in [2.75, 3.05) is 26.2 Å². The third-order valence-corrected chi connectivity index (χ3v) is 3.83. The van der Waals surface area contributed by atoms with Gasteiger partial charge in [-0.3, -0.25) is 0 Å². The molecule has 0 saturated carbocycles. The Morgan fingerprint density at radius 1 is 1.28 bits per heavy atom. The van der Waals surface area contributed by atoms with Gasteiger partial charge in [0.2, 0.25) is 0 Å². The summed E-state index contributed by atoms with van der Waals surface area (Å²) in [5.41, 5.74) is 1.24. The highest BCUT2D eigenvalue weighted by Crippen LogP contribution is 2.14. The smallest absolute Gasteiger partial charge is 0.0950 e. The Bertz CT molecular complexity index is 317. The van der Waals surface area contributed by atoms with E-state index in [2.05, 4.69) is 24.1 Å². The third kappa shape index (κ3) is 4.14. The molecule has 0 aromatic carbocycles. The van der Waals surface area contributed by atoms with Gasteiger partial charge >= 0.3 is 0 Å². The molecule has 3 nitrogen and oxygen atoms in total. The standard InChI is InChI=1S/C15H26N2O/c1-13(11-17-7-4-3-5-8-17)10-16-14(2)15-6-9-18-12-15/h6,9,12-14,16H,3-5,7-8,10-11H2,1-2H3. The molecule has 1 aromatic rings. The largest absolute Gasteiger partial charge is 0.472 e. The van der Waals surface area contributed by atoms with E-state index in [0.29, 0.717) is 12.0 Å². The van der Waals surface area contributed by atoms with E-state index in [1.54, 1.807) is 6.26 Å². The highest BCUT2D eigenvalue weighted by Gasteiger charge is 2.14. The van der Waals surface area contributed by atoms with Crippen molar-refractivity contribution in [2.24, 2.45) is 5.92 Å². The van der Waals surface area contributed by atoms with Crippen LogP contribution in [0.3, 0.4) is 0 Å². The van der Waals surface area contributed by atoms with Gasteiger partial charge in [-0.1, -0.05) is 13.3 Å². The Morgan fingerprint density at radius 2 is 2.06 bits per heavy atom. The lowest BCUT2D eigenvalue weighted by atomic mass is 10.1. The quantitative estimate of drug-likeness (QED) is 0.841. The summed E-state index contributed by atoms with van der Waals surface area (Å²) in [7, 11) is 0. The van der Waals surface area contributed by atoms with Crippen LogP contribution < -0.4 is 5.32 Å². The van der Waals surface area contributed by atoms with Crippen LogP contribution in [0.4, 0.5) is 0 Å². The molecule has 18 heavy (non-hydrogen) atoms. The molecule has 0 aliphatic carbocycles. The van der Waals surface area contributed by atoms with Gasteiger partial charge in [0, 0.05) is 18.2 Å². The van der Waals surface area contributed by atoms with Crippen LogP contribution in [0.2, 0.25) is 0 Å². The summed E-state index contributed by atoms with van der Waals surface area (Å²) < 4.78 is 5.12. The lowest BCUT2D eigenvalue weighted by Gasteiger charge is -2.29. The van der Waals surface area contributed by atoms with E-state index in [9.17, 15) is 0 Å². The van der Waals surface area contributed by atoms with E-state index in [0.717, 1.165) is 6.54 Å². The fourth-order valence-electron chi connectivity index (χ4n) is 2.66. The monoisotopic (exact) mass is 250 g/mol. The first-order valence-electron chi connectivity index (χ1n) is 7.23. The predicted octanol–water partition coefficient (Wildman–Crippen LogP) is 3.05. The molecule has 1 aliphatic rings. The minimum Gasteiger partial charge on any atom is -0.472 e. The summed E-state index contributed by atoms with van der Waals surface area (Å²) >= 11 is 0. The Hall–Kier alpha value is -0.800. The highest BCUT2D eigenvalue weighted by atomic mass is 16.3. The van der Waals surface area contributed by atoms with Crippen molar-refractivity contribution in [1.29, 1.82) is 0 Å². The van der Waals surface area contributed by atoms with E-state index in [-0.39, 0.29) is 0 Å². The number of rotatable bonds is 6. The zero-order chi connectivity index (χ0) is 12.8. The molecule has 3 heteroatoms. The fraction of sp³-hybridized carbons (Fsp3) is 0.733. The minimum absolute atomic E-state index is 0.382. The molecule has 102 valence electrons. The highest BCUT2D eigenvalue weighted by molar-refractivity contribution is 5.10. The van der Waals surface area contributed by atoms with E-state index in [4.69, 9.17) is 4.42 Å². The molecule has 2 unspecified atom stereocenters. The van der Waals surface area contributed by atoms with Crippen molar-refractivity contribution in [3.05, 3.63) is 24.2 Å². The number of nitrogens with zero attached hydrogens (tertiary/aromatic N) is 1. The second-order valence-electron chi connectivity index (χ2n) is 5.65. The normalized spacial score (nSPS) is 20.8. The van der Waals surface area contributed by atoms with Crippen LogP contribution in [0.5, 0.6) is 0 Å². The Kier molecular flexibility index (Phi) is 5.26. The SMILES string of the molecule is CC(CNC(C)c1ccoc1)CN1CCCCC1. The van der Waals surface area contributed by atoms with Crippen LogP contribution in [0.25, 0.3) is 0 Å². The maximum Gasteiger partial charge on any atom is 0.0950 e. The first-order chi connectivity index (χ1) is 8.75. The van der Waals surface area contributed by atoms with Gasteiger partial charge in [-0.05, 0) is 51.4 Å². The Balaban J connectivity index is 1.66. The zero-order valence-corrected chi connectivity index (χ0v) is 11.7. The van der Waals surface area contributed by atoms with Crippen molar-refractivity contribution in [3.8, 4) is 0 Å². The lowest BCUT2D eigenvalue weighted by Crippen LogP contribution is -2.37. The second-order valence-corrected chi connectivity index (χ2v) is 5.65. The Morgan fingerprint density at radius 3 is 2.72 bits per heavy atom. The molecule has 0 radical (unpaired) electrons. The first kappa shape index (κ1) is 13.6. The van der Waals surface area contributed by atoms with E-state index < -0.39 is 0 Å². The van der Waals surface area contributed by atoms with Gasteiger partial charge < -0.3 is 14.6 Å². The molecule has 1 aromatic heterocycles. The number of furan rings is 1. The molecule has 1 saturated heterocycles. The zero-order valence-electron chi connectivity index (χ0n) is 11.7. The maximum absolute atomic E-state index is 5.12. The third-order valence-electron chi connectivity index (χ3n) is 3.83. The summed E-state index contributed by atoms with van der Waals surface area (Å²) in [6.07, 6.45) is 7.75. The molecule has 0 amide bonds. The first-order valence-corrected chi connectivity index (χ1v) is 7.23. The van der Waals surface area contributed by atoms with Gasteiger partial charge in [-0.2, -0.15) is 0 Å². The van der Waals surface area contributed by atoms with Gasteiger partial charge in [0.25, 0.3) is 0 Å². The van der Waals surface area contributed by atoms with Gasteiger partial charge in [-0.15, -0.1) is 0 Å². The van der Waals surface area contributed by atoms with Crippen LogP contribution in [-0.4, -0.2) is 31.1 Å². The second kappa shape index (κ2) is 6.95. The molecule has 0 spiro atoms. The van der Waals surface area contributed by atoms with Crippen LogP contribution in [-0.2, 0) is 0 Å². The van der Waals surface area contributed by atoms with Gasteiger partial charge in [0.1, 0.15) is 0 Å².